The lowest BCUT2D eigenvalue weighted by Crippen LogP contribution is -3.06. The number of rotatable bonds is 6. The van der Waals surface area contributed by atoms with Crippen LogP contribution in [0.25, 0.3) is 10.9 Å². The SMILES string of the molecule is COc1cc2[nH]c(=O)c(C(=O)NCC[NH+](C)C)c(O)c2cc1OC. The van der Waals surface area contributed by atoms with Gasteiger partial charge in [-0.1, -0.05) is 0 Å². The zero-order valence-electron chi connectivity index (χ0n) is 14.1. The number of aromatic amines is 1. The number of aromatic hydroxyl groups is 1. The Morgan fingerprint density at radius 1 is 1.25 bits per heavy atom. The van der Waals surface area contributed by atoms with E-state index in [0.717, 1.165) is 4.90 Å². The summed E-state index contributed by atoms with van der Waals surface area (Å²) in [7, 11) is 6.83. The number of amides is 1. The lowest BCUT2D eigenvalue weighted by atomic mass is 10.1. The number of carbonyl (C=O) groups is 1. The van der Waals surface area contributed by atoms with Crippen molar-refractivity contribution in [3.05, 3.63) is 28.0 Å². The predicted molar refractivity (Wildman–Crippen MR) is 89.3 cm³/mol. The summed E-state index contributed by atoms with van der Waals surface area (Å²) in [5.41, 5.74) is -0.630. The Morgan fingerprint density at radius 3 is 2.46 bits per heavy atom. The zero-order chi connectivity index (χ0) is 17.9. The van der Waals surface area contributed by atoms with E-state index < -0.39 is 11.5 Å². The van der Waals surface area contributed by atoms with Gasteiger partial charge in [-0.05, 0) is 6.07 Å². The van der Waals surface area contributed by atoms with Crippen LogP contribution in [0.5, 0.6) is 17.2 Å². The minimum absolute atomic E-state index is 0.302. The van der Waals surface area contributed by atoms with Crippen molar-refractivity contribution in [1.29, 1.82) is 0 Å². The van der Waals surface area contributed by atoms with Crippen molar-refractivity contribution in [2.24, 2.45) is 0 Å². The minimum atomic E-state index is -0.665. The first kappa shape index (κ1) is 17.6. The molecule has 4 N–H and O–H groups in total. The first-order valence-corrected chi connectivity index (χ1v) is 7.47. The minimum Gasteiger partial charge on any atom is -0.506 e. The number of pyridine rings is 1. The van der Waals surface area contributed by atoms with Gasteiger partial charge in [0.1, 0.15) is 11.3 Å². The summed E-state index contributed by atoms with van der Waals surface area (Å²) in [6, 6.07) is 3.05. The molecule has 0 fully saturated rings. The molecule has 0 spiro atoms. The second-order valence-electron chi connectivity index (χ2n) is 5.64. The van der Waals surface area contributed by atoms with Crippen molar-refractivity contribution in [3.8, 4) is 17.2 Å². The Hall–Kier alpha value is -2.74. The number of methoxy groups -OCH3 is 2. The summed E-state index contributed by atoms with van der Waals surface area (Å²) < 4.78 is 10.4. The maximum Gasteiger partial charge on any atom is 0.265 e. The first-order valence-electron chi connectivity index (χ1n) is 7.47. The van der Waals surface area contributed by atoms with Crippen molar-refractivity contribution < 1.29 is 24.3 Å². The third kappa shape index (κ3) is 3.43. The van der Waals surface area contributed by atoms with Crippen LogP contribution in [-0.4, -0.2) is 57.4 Å². The molecular weight excluding hydrogens is 314 g/mol. The van der Waals surface area contributed by atoms with Gasteiger partial charge in [0.05, 0.1) is 46.9 Å². The average Bonchev–Trinajstić information content (AvgIpc) is 2.53. The summed E-state index contributed by atoms with van der Waals surface area (Å²) in [5.74, 6) is -0.211. The third-order valence-corrected chi connectivity index (χ3v) is 3.63. The number of hydrogen-bond acceptors (Lipinski definition) is 5. The maximum atomic E-state index is 12.2. The number of hydrogen-bond donors (Lipinski definition) is 4. The summed E-state index contributed by atoms with van der Waals surface area (Å²) in [5, 5.41) is 13.3. The first-order chi connectivity index (χ1) is 11.4. The number of carbonyl (C=O) groups excluding carboxylic acids is 1. The quantitative estimate of drug-likeness (QED) is 0.549. The van der Waals surface area contributed by atoms with Gasteiger partial charge in [0.2, 0.25) is 0 Å². The Bertz CT molecular complexity index is 813. The molecule has 0 aliphatic rings. The zero-order valence-corrected chi connectivity index (χ0v) is 14.1. The van der Waals surface area contributed by atoms with E-state index >= 15 is 0 Å². The summed E-state index contributed by atoms with van der Waals surface area (Å²) in [6.45, 7) is 1.09. The van der Waals surface area contributed by atoms with Gasteiger partial charge >= 0.3 is 0 Å². The second-order valence-corrected chi connectivity index (χ2v) is 5.64. The van der Waals surface area contributed by atoms with Gasteiger partial charge in [-0.2, -0.15) is 0 Å². The van der Waals surface area contributed by atoms with Crippen LogP contribution >= 0.6 is 0 Å². The highest BCUT2D eigenvalue weighted by atomic mass is 16.5. The van der Waals surface area contributed by atoms with Crippen LogP contribution in [0.3, 0.4) is 0 Å². The van der Waals surface area contributed by atoms with Crippen molar-refractivity contribution in [2.45, 2.75) is 0 Å². The van der Waals surface area contributed by atoms with Gasteiger partial charge in [0, 0.05) is 11.5 Å². The molecule has 0 radical (unpaired) electrons. The van der Waals surface area contributed by atoms with Gasteiger partial charge in [-0.3, -0.25) is 9.59 Å². The number of fused-ring (bicyclic) bond motifs is 1. The Morgan fingerprint density at radius 2 is 1.88 bits per heavy atom. The molecule has 2 rings (SSSR count). The van der Waals surface area contributed by atoms with Gasteiger partial charge in [0.15, 0.2) is 11.5 Å². The normalized spacial score (nSPS) is 10.9. The van der Waals surface area contributed by atoms with Crippen molar-refractivity contribution in [2.75, 3.05) is 41.4 Å². The lowest BCUT2D eigenvalue weighted by Gasteiger charge is -2.12. The van der Waals surface area contributed by atoms with E-state index in [0.29, 0.717) is 35.5 Å². The predicted octanol–water partition coefficient (Wildman–Crippen LogP) is -0.875. The molecule has 1 aromatic heterocycles. The molecule has 0 aliphatic carbocycles. The highest BCUT2D eigenvalue weighted by Crippen LogP contribution is 2.35. The van der Waals surface area contributed by atoms with Crippen LogP contribution in [0, 0.1) is 0 Å². The van der Waals surface area contributed by atoms with Crippen molar-refractivity contribution in [3.63, 3.8) is 0 Å². The summed E-state index contributed by atoms with van der Waals surface area (Å²) >= 11 is 0. The van der Waals surface area contributed by atoms with Crippen LogP contribution in [0.2, 0.25) is 0 Å². The second kappa shape index (κ2) is 7.22. The number of aromatic nitrogens is 1. The fraction of sp³-hybridized carbons (Fsp3) is 0.375. The molecule has 0 unspecified atom stereocenters. The monoisotopic (exact) mass is 336 g/mol. The highest BCUT2D eigenvalue weighted by Gasteiger charge is 2.20. The molecule has 24 heavy (non-hydrogen) atoms. The van der Waals surface area contributed by atoms with Crippen LogP contribution in [0.15, 0.2) is 16.9 Å². The van der Waals surface area contributed by atoms with Gasteiger partial charge in [-0.25, -0.2) is 0 Å². The molecule has 8 nitrogen and oxygen atoms in total. The number of benzene rings is 1. The molecule has 0 saturated carbocycles. The number of likely N-dealkylation sites (N-methyl/N-ethyl adjacent to an activating group) is 1. The maximum absolute atomic E-state index is 12.2. The Balaban J connectivity index is 2.48. The number of quaternary nitrogens is 1. The molecule has 8 heteroatoms. The molecule has 0 saturated heterocycles. The van der Waals surface area contributed by atoms with Crippen molar-refractivity contribution >= 4 is 16.8 Å². The Labute approximate surface area is 139 Å². The highest BCUT2D eigenvalue weighted by molar-refractivity contribution is 6.02. The van der Waals surface area contributed by atoms with E-state index in [4.69, 9.17) is 9.47 Å². The molecular formula is C16H22N3O5+. The molecule has 1 aromatic carbocycles. The van der Waals surface area contributed by atoms with Crippen LogP contribution < -0.4 is 25.2 Å². The molecule has 0 bridgehead atoms. The molecule has 1 heterocycles. The van der Waals surface area contributed by atoms with Gasteiger partial charge in [0.25, 0.3) is 11.5 Å². The number of H-pyrrole nitrogens is 1. The van der Waals surface area contributed by atoms with E-state index in [-0.39, 0.29) is 11.3 Å². The van der Waals surface area contributed by atoms with E-state index in [2.05, 4.69) is 10.3 Å². The topological polar surface area (TPSA) is 105 Å². The lowest BCUT2D eigenvalue weighted by molar-refractivity contribution is -0.856. The standard InChI is InChI=1S/C16H21N3O5/c1-19(2)6-5-17-15(21)13-14(20)9-7-11(23-3)12(24-4)8-10(9)18-16(13)22/h7-8H,5-6H2,1-4H3,(H,17,21)(H2,18,20,22)/p+1. The van der Waals surface area contributed by atoms with Crippen LogP contribution in [-0.2, 0) is 0 Å². The third-order valence-electron chi connectivity index (χ3n) is 3.63. The number of nitrogens with one attached hydrogen (secondary N) is 3. The molecule has 130 valence electrons. The van der Waals surface area contributed by atoms with E-state index in [9.17, 15) is 14.7 Å². The van der Waals surface area contributed by atoms with E-state index in [1.807, 2.05) is 14.1 Å². The van der Waals surface area contributed by atoms with E-state index in [1.54, 1.807) is 0 Å². The Kier molecular flexibility index (Phi) is 5.30. The molecule has 0 atom stereocenters. The number of ether oxygens (including phenoxy) is 2. The van der Waals surface area contributed by atoms with Crippen LogP contribution in [0.1, 0.15) is 10.4 Å². The van der Waals surface area contributed by atoms with Gasteiger partial charge in [-0.15, -0.1) is 0 Å². The molecule has 1 amide bonds. The fourth-order valence-corrected chi connectivity index (χ4v) is 2.33. The summed E-state index contributed by atoms with van der Waals surface area (Å²) in [6.07, 6.45) is 0. The van der Waals surface area contributed by atoms with E-state index in [1.165, 1.54) is 26.4 Å². The molecule has 0 aliphatic heterocycles. The van der Waals surface area contributed by atoms with Gasteiger partial charge < -0.3 is 29.8 Å². The summed E-state index contributed by atoms with van der Waals surface area (Å²) in [4.78, 5) is 28.2. The average molecular weight is 336 g/mol. The fourth-order valence-electron chi connectivity index (χ4n) is 2.33. The van der Waals surface area contributed by atoms with Crippen LogP contribution in [0.4, 0.5) is 0 Å². The molecule has 2 aromatic rings. The smallest absolute Gasteiger partial charge is 0.265 e. The largest absolute Gasteiger partial charge is 0.506 e. The van der Waals surface area contributed by atoms with Crippen molar-refractivity contribution in [1.82, 2.24) is 10.3 Å².